The maximum absolute atomic E-state index is 13.3. The molecule has 3 rings (SSSR count). The summed E-state index contributed by atoms with van der Waals surface area (Å²) in [4.78, 5) is 15.0. The number of piperidine rings is 1. The lowest BCUT2D eigenvalue weighted by atomic mass is 10.0. The lowest BCUT2D eigenvalue weighted by Crippen LogP contribution is -2.40. The van der Waals surface area contributed by atoms with Gasteiger partial charge in [0.25, 0.3) is 0 Å². The fourth-order valence-corrected chi connectivity index (χ4v) is 3.57. The van der Waals surface area contributed by atoms with Crippen LogP contribution in [0, 0.1) is 0 Å². The van der Waals surface area contributed by atoms with Gasteiger partial charge in [-0.25, -0.2) is 0 Å². The number of nitrogens with zero attached hydrogens (tertiary/aromatic N) is 1. The molecule has 0 spiro atoms. The third-order valence-corrected chi connectivity index (χ3v) is 4.90. The summed E-state index contributed by atoms with van der Waals surface area (Å²) < 4.78 is 40.0. The van der Waals surface area contributed by atoms with Crippen LogP contribution < -0.4 is 5.32 Å². The molecule has 1 N–H and O–H groups in total. The smallest absolute Gasteiger partial charge is 0.324 e. The van der Waals surface area contributed by atoms with Crippen LogP contribution in [0.1, 0.15) is 36.4 Å². The molecule has 0 radical (unpaired) electrons. The second-order valence-corrected chi connectivity index (χ2v) is 7.02. The van der Waals surface area contributed by atoms with E-state index in [2.05, 4.69) is 5.32 Å². The van der Waals surface area contributed by atoms with Crippen LogP contribution >= 0.6 is 11.6 Å². The summed E-state index contributed by atoms with van der Waals surface area (Å²) in [5.74, 6) is -0.476. The van der Waals surface area contributed by atoms with Crippen molar-refractivity contribution in [1.29, 1.82) is 0 Å². The van der Waals surface area contributed by atoms with E-state index >= 15 is 0 Å². The summed E-state index contributed by atoms with van der Waals surface area (Å²) in [6, 6.07) is 11.9. The van der Waals surface area contributed by atoms with Crippen LogP contribution in [-0.4, -0.2) is 23.9 Å². The first-order valence-corrected chi connectivity index (χ1v) is 9.20. The SMILES string of the molecule is O=C(Nc1ccc(Cl)cc1C(F)(F)F)C(c1ccccc1)N1CCCCC1. The lowest BCUT2D eigenvalue weighted by molar-refractivity contribution is -0.137. The van der Waals surface area contributed by atoms with Crippen molar-refractivity contribution in [3.8, 4) is 0 Å². The average molecular weight is 397 g/mol. The molecule has 0 aromatic heterocycles. The van der Waals surface area contributed by atoms with Gasteiger partial charge in [-0.3, -0.25) is 9.69 Å². The Morgan fingerprint density at radius 2 is 1.70 bits per heavy atom. The number of carbonyl (C=O) groups is 1. The first-order valence-electron chi connectivity index (χ1n) is 8.83. The predicted molar refractivity (Wildman–Crippen MR) is 99.7 cm³/mol. The molecule has 1 saturated heterocycles. The molecular formula is C20H20ClF3N2O. The Morgan fingerprint density at radius 3 is 2.33 bits per heavy atom. The van der Waals surface area contributed by atoms with Gasteiger partial charge in [-0.2, -0.15) is 13.2 Å². The number of amides is 1. The highest BCUT2D eigenvalue weighted by molar-refractivity contribution is 6.30. The van der Waals surface area contributed by atoms with E-state index in [9.17, 15) is 18.0 Å². The molecule has 3 nitrogen and oxygen atoms in total. The van der Waals surface area contributed by atoms with Gasteiger partial charge < -0.3 is 5.32 Å². The number of anilines is 1. The molecule has 2 aromatic rings. The Labute approximate surface area is 161 Å². The van der Waals surface area contributed by atoms with Crippen molar-refractivity contribution in [1.82, 2.24) is 4.90 Å². The minimum absolute atomic E-state index is 0.0315. The Balaban J connectivity index is 1.92. The van der Waals surface area contributed by atoms with E-state index in [1.54, 1.807) is 0 Å². The van der Waals surface area contributed by atoms with E-state index in [1.807, 2.05) is 35.2 Å². The summed E-state index contributed by atoms with van der Waals surface area (Å²) in [6.45, 7) is 1.47. The first kappa shape index (κ1) is 19.7. The van der Waals surface area contributed by atoms with Crippen LogP contribution in [0.25, 0.3) is 0 Å². The van der Waals surface area contributed by atoms with Crippen molar-refractivity contribution in [2.24, 2.45) is 0 Å². The molecule has 2 aromatic carbocycles. The number of carbonyl (C=O) groups excluding carboxylic acids is 1. The van der Waals surface area contributed by atoms with Crippen molar-refractivity contribution in [3.05, 3.63) is 64.7 Å². The summed E-state index contributed by atoms with van der Waals surface area (Å²) in [7, 11) is 0. The molecular weight excluding hydrogens is 377 g/mol. The van der Waals surface area contributed by atoms with Gasteiger partial charge in [0.1, 0.15) is 6.04 Å². The second-order valence-electron chi connectivity index (χ2n) is 6.59. The highest BCUT2D eigenvalue weighted by Gasteiger charge is 2.35. The standard InChI is InChI=1S/C20H20ClF3N2O/c21-15-9-10-17(16(13-15)20(22,23)24)25-19(27)18(14-7-3-1-4-8-14)26-11-5-2-6-12-26/h1,3-4,7-10,13,18H,2,5-6,11-12H2,(H,25,27). The van der Waals surface area contributed by atoms with Gasteiger partial charge in [-0.1, -0.05) is 48.4 Å². The molecule has 0 aliphatic carbocycles. The first-order chi connectivity index (χ1) is 12.9. The fraction of sp³-hybridized carbons (Fsp3) is 0.350. The molecule has 1 aliphatic heterocycles. The maximum atomic E-state index is 13.3. The lowest BCUT2D eigenvalue weighted by Gasteiger charge is -2.34. The van der Waals surface area contributed by atoms with Gasteiger partial charge in [0.15, 0.2) is 0 Å². The average Bonchev–Trinajstić information content (AvgIpc) is 2.64. The van der Waals surface area contributed by atoms with Crippen molar-refractivity contribution >= 4 is 23.2 Å². The van der Waals surface area contributed by atoms with Gasteiger partial charge in [0, 0.05) is 5.02 Å². The molecule has 1 unspecified atom stereocenters. The van der Waals surface area contributed by atoms with Crippen LogP contribution in [0.5, 0.6) is 0 Å². The zero-order valence-electron chi connectivity index (χ0n) is 14.6. The van der Waals surface area contributed by atoms with Crippen LogP contribution in [-0.2, 0) is 11.0 Å². The highest BCUT2D eigenvalue weighted by Crippen LogP contribution is 2.37. The topological polar surface area (TPSA) is 32.3 Å². The number of nitrogens with one attached hydrogen (secondary N) is 1. The van der Waals surface area contributed by atoms with Crippen LogP contribution in [0.15, 0.2) is 48.5 Å². The molecule has 1 amide bonds. The van der Waals surface area contributed by atoms with Crippen LogP contribution in [0.4, 0.5) is 18.9 Å². The number of benzene rings is 2. The number of halogens is 4. The van der Waals surface area contributed by atoms with Crippen LogP contribution in [0.2, 0.25) is 5.02 Å². The number of hydrogen-bond acceptors (Lipinski definition) is 2. The molecule has 0 bridgehead atoms. The van der Waals surface area contributed by atoms with E-state index in [0.717, 1.165) is 44.0 Å². The molecule has 1 aliphatic rings. The molecule has 7 heteroatoms. The van der Waals surface area contributed by atoms with Gasteiger partial charge in [-0.15, -0.1) is 0 Å². The summed E-state index contributed by atoms with van der Waals surface area (Å²) in [5, 5.41) is 2.45. The quantitative estimate of drug-likeness (QED) is 0.737. The number of likely N-dealkylation sites (tertiary alicyclic amines) is 1. The summed E-state index contributed by atoms with van der Waals surface area (Å²) >= 11 is 5.72. The van der Waals surface area contributed by atoms with E-state index in [-0.39, 0.29) is 10.7 Å². The van der Waals surface area contributed by atoms with Crippen molar-refractivity contribution in [2.75, 3.05) is 18.4 Å². The molecule has 1 heterocycles. The zero-order chi connectivity index (χ0) is 19.4. The van der Waals surface area contributed by atoms with Crippen molar-refractivity contribution in [3.63, 3.8) is 0 Å². The largest absolute Gasteiger partial charge is 0.418 e. The third-order valence-electron chi connectivity index (χ3n) is 4.66. The van der Waals surface area contributed by atoms with Gasteiger partial charge >= 0.3 is 6.18 Å². The van der Waals surface area contributed by atoms with Crippen LogP contribution in [0.3, 0.4) is 0 Å². The van der Waals surface area contributed by atoms with Crippen molar-refractivity contribution < 1.29 is 18.0 Å². The monoisotopic (exact) mass is 396 g/mol. The summed E-state index contributed by atoms with van der Waals surface area (Å²) in [6.07, 6.45) is -1.59. The Bertz CT molecular complexity index is 790. The summed E-state index contributed by atoms with van der Waals surface area (Å²) in [5.41, 5.74) is -0.469. The van der Waals surface area contributed by atoms with E-state index in [4.69, 9.17) is 11.6 Å². The Morgan fingerprint density at radius 1 is 1.04 bits per heavy atom. The van der Waals surface area contributed by atoms with Crippen molar-refractivity contribution in [2.45, 2.75) is 31.5 Å². The highest BCUT2D eigenvalue weighted by atomic mass is 35.5. The molecule has 27 heavy (non-hydrogen) atoms. The number of rotatable bonds is 4. The minimum Gasteiger partial charge on any atom is -0.324 e. The number of alkyl halides is 3. The Kier molecular flexibility index (Phi) is 6.07. The molecule has 0 saturated carbocycles. The third kappa shape index (κ3) is 4.82. The van der Waals surface area contributed by atoms with E-state index in [0.29, 0.717) is 0 Å². The van der Waals surface area contributed by atoms with E-state index < -0.39 is 23.7 Å². The molecule has 1 fully saturated rings. The minimum atomic E-state index is -4.61. The molecule has 1 atom stereocenters. The van der Waals surface area contributed by atoms with Gasteiger partial charge in [0.2, 0.25) is 5.91 Å². The number of hydrogen-bond donors (Lipinski definition) is 1. The normalized spacial score (nSPS) is 16.7. The van der Waals surface area contributed by atoms with E-state index in [1.165, 1.54) is 12.1 Å². The molecule has 144 valence electrons. The van der Waals surface area contributed by atoms with Gasteiger partial charge in [0.05, 0.1) is 11.3 Å². The van der Waals surface area contributed by atoms with Gasteiger partial charge in [-0.05, 0) is 49.7 Å². The zero-order valence-corrected chi connectivity index (χ0v) is 15.4. The fourth-order valence-electron chi connectivity index (χ4n) is 3.40. The maximum Gasteiger partial charge on any atom is 0.418 e. The second kappa shape index (κ2) is 8.31. The Hall–Kier alpha value is -2.05. The predicted octanol–water partition coefficient (Wildman–Crippen LogP) is 5.52.